The number of para-hydroxylation sites is 1. The fourth-order valence-corrected chi connectivity index (χ4v) is 4.32. The van der Waals surface area contributed by atoms with E-state index in [4.69, 9.17) is 4.42 Å². The molecule has 0 aliphatic carbocycles. The van der Waals surface area contributed by atoms with Crippen LogP contribution in [0.5, 0.6) is 0 Å². The number of hydrogen-bond donors (Lipinski definition) is 0. The van der Waals surface area contributed by atoms with Crippen LogP contribution in [0, 0.1) is 5.82 Å². The Kier molecular flexibility index (Phi) is 6.20. The molecule has 3 aromatic rings. The van der Waals surface area contributed by atoms with E-state index in [2.05, 4.69) is 20.9 Å². The number of carbonyl (C=O) groups excluding carboxylic acids is 1. The summed E-state index contributed by atoms with van der Waals surface area (Å²) < 4.78 is 20.7. The number of rotatable bonds is 5. The zero-order chi connectivity index (χ0) is 20.2. The molecule has 0 unspecified atom stereocenters. The van der Waals surface area contributed by atoms with E-state index >= 15 is 0 Å². The maximum Gasteiger partial charge on any atom is 0.256 e. The van der Waals surface area contributed by atoms with Crippen LogP contribution in [0.1, 0.15) is 0 Å². The minimum absolute atomic E-state index is 0.0328. The van der Waals surface area contributed by atoms with Gasteiger partial charge in [0.15, 0.2) is 5.76 Å². The summed E-state index contributed by atoms with van der Waals surface area (Å²) in [5.41, 5.74) is 1.52. The monoisotopic (exact) mass is 475 g/mol. The topological polar surface area (TPSA) is 49.6 Å². The van der Waals surface area contributed by atoms with E-state index in [1.165, 1.54) is 17.8 Å². The van der Waals surface area contributed by atoms with Crippen molar-refractivity contribution < 1.29 is 13.6 Å². The minimum atomic E-state index is -0.229. The molecule has 1 fully saturated rings. The van der Waals surface area contributed by atoms with Gasteiger partial charge in [-0.25, -0.2) is 9.37 Å². The van der Waals surface area contributed by atoms with E-state index in [1.54, 1.807) is 18.3 Å². The van der Waals surface area contributed by atoms with E-state index in [9.17, 15) is 9.18 Å². The molecular weight excluding hydrogens is 457 g/mol. The average molecular weight is 476 g/mol. The van der Waals surface area contributed by atoms with E-state index in [0.717, 1.165) is 10.0 Å². The van der Waals surface area contributed by atoms with Gasteiger partial charge in [0.1, 0.15) is 5.82 Å². The van der Waals surface area contributed by atoms with Gasteiger partial charge in [0.2, 0.25) is 5.91 Å². The molecule has 1 aliphatic heterocycles. The molecule has 0 spiro atoms. The number of carbonyl (C=O) groups is 1. The van der Waals surface area contributed by atoms with Gasteiger partial charge in [0, 0.05) is 36.2 Å². The number of amides is 1. The molecule has 0 radical (unpaired) electrons. The second-order valence-corrected chi connectivity index (χ2v) is 8.45. The number of aromatic nitrogens is 1. The van der Waals surface area contributed by atoms with Crippen LogP contribution in [-0.2, 0) is 4.79 Å². The lowest BCUT2D eigenvalue weighted by Crippen LogP contribution is -2.49. The van der Waals surface area contributed by atoms with Crippen molar-refractivity contribution >= 4 is 39.3 Å². The summed E-state index contributed by atoms with van der Waals surface area (Å²) in [6.45, 7) is 2.37. The SMILES string of the molecule is O=C(CSc1ncc(-c2cccc(Br)c2)o1)N1CCN(c2ccccc2F)CC1. The Labute approximate surface area is 181 Å². The molecule has 150 valence electrons. The first-order chi connectivity index (χ1) is 14.1. The number of benzene rings is 2. The van der Waals surface area contributed by atoms with Crippen molar-refractivity contribution in [1.29, 1.82) is 0 Å². The third kappa shape index (κ3) is 4.82. The lowest BCUT2D eigenvalue weighted by Gasteiger charge is -2.36. The predicted octanol–water partition coefficient (Wildman–Crippen LogP) is 4.68. The highest BCUT2D eigenvalue weighted by Gasteiger charge is 2.23. The number of hydrogen-bond acceptors (Lipinski definition) is 5. The van der Waals surface area contributed by atoms with Crippen LogP contribution < -0.4 is 4.90 Å². The second kappa shape index (κ2) is 9.00. The van der Waals surface area contributed by atoms with Crippen molar-refractivity contribution in [3.05, 3.63) is 65.0 Å². The number of oxazole rings is 1. The quantitative estimate of drug-likeness (QED) is 0.501. The lowest BCUT2D eigenvalue weighted by molar-refractivity contribution is -0.128. The summed E-state index contributed by atoms with van der Waals surface area (Å²) in [5.74, 6) is 0.733. The molecule has 1 amide bonds. The highest BCUT2D eigenvalue weighted by molar-refractivity contribution is 9.10. The van der Waals surface area contributed by atoms with E-state index in [1.807, 2.05) is 40.1 Å². The smallest absolute Gasteiger partial charge is 0.256 e. The van der Waals surface area contributed by atoms with Gasteiger partial charge in [0.25, 0.3) is 5.22 Å². The second-order valence-electron chi connectivity index (χ2n) is 6.61. The van der Waals surface area contributed by atoms with Crippen LogP contribution in [-0.4, -0.2) is 47.7 Å². The van der Waals surface area contributed by atoms with Crippen molar-refractivity contribution in [2.45, 2.75) is 5.22 Å². The Bertz CT molecular complexity index is 1000. The molecule has 29 heavy (non-hydrogen) atoms. The van der Waals surface area contributed by atoms with Crippen molar-refractivity contribution in [1.82, 2.24) is 9.88 Å². The zero-order valence-electron chi connectivity index (χ0n) is 15.6. The van der Waals surface area contributed by atoms with Gasteiger partial charge in [-0.3, -0.25) is 4.79 Å². The number of anilines is 1. The first kappa shape index (κ1) is 20.0. The fourth-order valence-electron chi connectivity index (χ4n) is 3.22. The third-order valence-electron chi connectivity index (χ3n) is 4.74. The zero-order valence-corrected chi connectivity index (χ0v) is 18.0. The van der Waals surface area contributed by atoms with Gasteiger partial charge in [-0.05, 0) is 24.3 Å². The van der Waals surface area contributed by atoms with Crippen molar-refractivity contribution in [2.75, 3.05) is 36.8 Å². The molecule has 2 aromatic carbocycles. The molecule has 4 rings (SSSR count). The van der Waals surface area contributed by atoms with Crippen LogP contribution in [0.25, 0.3) is 11.3 Å². The lowest BCUT2D eigenvalue weighted by atomic mass is 10.2. The largest absolute Gasteiger partial charge is 0.431 e. The first-order valence-corrected chi connectivity index (χ1v) is 11.0. The number of piperazine rings is 1. The van der Waals surface area contributed by atoms with E-state index < -0.39 is 0 Å². The van der Waals surface area contributed by atoms with Gasteiger partial charge in [-0.2, -0.15) is 0 Å². The summed E-state index contributed by atoms with van der Waals surface area (Å²) in [6.07, 6.45) is 1.67. The fraction of sp³-hybridized carbons (Fsp3) is 0.238. The molecular formula is C21H19BrFN3O2S. The van der Waals surface area contributed by atoms with Gasteiger partial charge in [-0.15, -0.1) is 0 Å². The van der Waals surface area contributed by atoms with Crippen LogP contribution in [0.4, 0.5) is 10.1 Å². The maximum absolute atomic E-state index is 13.9. The van der Waals surface area contributed by atoms with Crippen LogP contribution in [0.3, 0.4) is 0 Å². The molecule has 0 bridgehead atoms. The Morgan fingerprint density at radius 3 is 2.69 bits per heavy atom. The molecule has 2 heterocycles. The molecule has 1 saturated heterocycles. The standard InChI is InChI=1S/C21H19BrFN3O2S/c22-16-5-3-4-15(12-16)19-13-24-21(28-19)29-14-20(27)26-10-8-25(9-11-26)18-7-2-1-6-17(18)23/h1-7,12-13H,8-11,14H2. The molecule has 0 saturated carbocycles. The number of halogens is 2. The Morgan fingerprint density at radius 1 is 1.14 bits per heavy atom. The molecule has 1 aliphatic rings. The average Bonchev–Trinajstić information content (AvgIpc) is 3.22. The summed E-state index contributed by atoms with van der Waals surface area (Å²) in [5, 5.41) is 0.471. The van der Waals surface area contributed by atoms with Crippen LogP contribution in [0.15, 0.2) is 68.8 Å². The van der Waals surface area contributed by atoms with Gasteiger partial charge < -0.3 is 14.2 Å². The summed E-state index contributed by atoms with van der Waals surface area (Å²) in [4.78, 5) is 20.6. The van der Waals surface area contributed by atoms with Crippen molar-refractivity contribution in [3.8, 4) is 11.3 Å². The molecule has 0 atom stereocenters. The van der Waals surface area contributed by atoms with Gasteiger partial charge in [-0.1, -0.05) is 52.0 Å². The van der Waals surface area contributed by atoms with Gasteiger partial charge in [0.05, 0.1) is 17.6 Å². The number of nitrogens with zero attached hydrogens (tertiary/aromatic N) is 3. The maximum atomic E-state index is 13.9. The Balaban J connectivity index is 1.29. The number of thioether (sulfide) groups is 1. The summed E-state index contributed by atoms with van der Waals surface area (Å²) in [7, 11) is 0. The van der Waals surface area contributed by atoms with E-state index in [-0.39, 0.29) is 17.5 Å². The first-order valence-electron chi connectivity index (χ1n) is 9.22. The molecule has 5 nitrogen and oxygen atoms in total. The predicted molar refractivity (Wildman–Crippen MR) is 116 cm³/mol. The minimum Gasteiger partial charge on any atom is -0.431 e. The molecule has 8 heteroatoms. The van der Waals surface area contributed by atoms with Crippen molar-refractivity contribution in [2.24, 2.45) is 0 Å². The normalized spacial score (nSPS) is 14.3. The van der Waals surface area contributed by atoms with Crippen molar-refractivity contribution in [3.63, 3.8) is 0 Å². The molecule has 0 N–H and O–H groups in total. The van der Waals surface area contributed by atoms with E-state index in [0.29, 0.717) is 42.8 Å². The van der Waals surface area contributed by atoms with Gasteiger partial charge >= 0.3 is 0 Å². The Morgan fingerprint density at radius 2 is 1.93 bits per heavy atom. The third-order valence-corrected chi connectivity index (χ3v) is 6.06. The van der Waals surface area contributed by atoms with Crippen LogP contribution in [0.2, 0.25) is 0 Å². The molecule has 1 aromatic heterocycles. The highest BCUT2D eigenvalue weighted by Crippen LogP contribution is 2.27. The summed E-state index contributed by atoms with van der Waals surface area (Å²) in [6, 6.07) is 14.5. The summed E-state index contributed by atoms with van der Waals surface area (Å²) >= 11 is 4.73. The highest BCUT2D eigenvalue weighted by atomic mass is 79.9. The Hall–Kier alpha value is -2.32. The van der Waals surface area contributed by atoms with Crippen LogP contribution >= 0.6 is 27.7 Å².